The Morgan fingerprint density at radius 2 is 2.24 bits per heavy atom. The molecule has 0 fully saturated rings. The molecule has 7 heteroatoms. The van der Waals surface area contributed by atoms with Gasteiger partial charge in [0, 0.05) is 17.2 Å². The molecule has 1 aromatic carbocycles. The summed E-state index contributed by atoms with van der Waals surface area (Å²) >= 11 is 1.55. The summed E-state index contributed by atoms with van der Waals surface area (Å²) in [5.41, 5.74) is 2.29. The third-order valence-corrected chi connectivity index (χ3v) is 5.27. The second-order valence-corrected chi connectivity index (χ2v) is 6.76. The Bertz CT molecular complexity index is 880. The van der Waals surface area contributed by atoms with Crippen LogP contribution in [0.5, 0.6) is 5.75 Å². The van der Waals surface area contributed by atoms with Crippen LogP contribution in [0, 0.1) is 21.4 Å². The SMILES string of the molecule is CCOc1ccc(/C=N/c2sc3c(c2C#N)CCCC3)cc1[N+](=O)[O-]. The smallest absolute Gasteiger partial charge is 0.311 e. The predicted molar refractivity (Wildman–Crippen MR) is 97.2 cm³/mol. The van der Waals surface area contributed by atoms with Gasteiger partial charge in [-0.15, -0.1) is 11.3 Å². The summed E-state index contributed by atoms with van der Waals surface area (Å²) < 4.78 is 5.28. The molecule has 0 atom stereocenters. The van der Waals surface area contributed by atoms with Gasteiger partial charge in [-0.2, -0.15) is 5.26 Å². The summed E-state index contributed by atoms with van der Waals surface area (Å²) in [4.78, 5) is 16.4. The van der Waals surface area contributed by atoms with Crippen LogP contribution in [-0.2, 0) is 12.8 Å². The molecule has 6 nitrogen and oxygen atoms in total. The van der Waals surface area contributed by atoms with Crippen LogP contribution in [0.25, 0.3) is 0 Å². The Morgan fingerprint density at radius 3 is 2.96 bits per heavy atom. The number of benzene rings is 1. The van der Waals surface area contributed by atoms with Gasteiger partial charge < -0.3 is 4.74 Å². The normalized spacial score (nSPS) is 13.4. The molecular weight excluding hydrogens is 338 g/mol. The zero-order valence-corrected chi connectivity index (χ0v) is 14.6. The van der Waals surface area contributed by atoms with Crippen molar-refractivity contribution in [2.75, 3.05) is 6.61 Å². The number of thiophene rings is 1. The van der Waals surface area contributed by atoms with E-state index in [1.807, 2.05) is 0 Å². The minimum absolute atomic E-state index is 0.0863. The first-order valence-electron chi connectivity index (χ1n) is 8.14. The lowest BCUT2D eigenvalue weighted by molar-refractivity contribution is -0.385. The lowest BCUT2D eigenvalue weighted by atomic mass is 9.96. The Kier molecular flexibility index (Phi) is 5.10. The fraction of sp³-hybridized carbons (Fsp3) is 0.333. The number of fused-ring (bicyclic) bond motifs is 1. The fourth-order valence-electron chi connectivity index (χ4n) is 2.93. The topological polar surface area (TPSA) is 88.5 Å². The minimum Gasteiger partial charge on any atom is -0.487 e. The Balaban J connectivity index is 1.92. The highest BCUT2D eigenvalue weighted by Gasteiger charge is 2.20. The third-order valence-electron chi connectivity index (χ3n) is 4.07. The first-order chi connectivity index (χ1) is 12.1. The predicted octanol–water partition coefficient (Wildman–Crippen LogP) is 4.56. The van der Waals surface area contributed by atoms with Crippen molar-refractivity contribution < 1.29 is 9.66 Å². The van der Waals surface area contributed by atoms with Crippen molar-refractivity contribution in [3.63, 3.8) is 0 Å². The molecule has 0 unspecified atom stereocenters. The van der Waals surface area contributed by atoms with Gasteiger partial charge in [0.25, 0.3) is 0 Å². The molecule has 1 aliphatic rings. The number of aryl methyl sites for hydroxylation is 1. The number of nitro groups is 1. The van der Waals surface area contributed by atoms with Crippen molar-refractivity contribution in [2.45, 2.75) is 32.6 Å². The summed E-state index contributed by atoms with van der Waals surface area (Å²) in [6.07, 6.45) is 5.75. The zero-order chi connectivity index (χ0) is 17.8. The largest absolute Gasteiger partial charge is 0.487 e. The molecule has 0 aliphatic heterocycles. The molecule has 0 radical (unpaired) electrons. The van der Waals surface area contributed by atoms with E-state index >= 15 is 0 Å². The van der Waals surface area contributed by atoms with Crippen LogP contribution in [-0.4, -0.2) is 17.7 Å². The molecule has 0 N–H and O–H groups in total. The van der Waals surface area contributed by atoms with Crippen molar-refractivity contribution in [3.05, 3.63) is 49.9 Å². The number of aliphatic imine (C=N–C) groups is 1. The van der Waals surface area contributed by atoms with Gasteiger partial charge in [-0.25, -0.2) is 4.99 Å². The number of ether oxygens (including phenoxy) is 1. The minimum atomic E-state index is -0.465. The highest BCUT2D eigenvalue weighted by molar-refractivity contribution is 7.16. The van der Waals surface area contributed by atoms with Crippen LogP contribution in [0.2, 0.25) is 0 Å². The summed E-state index contributed by atoms with van der Waals surface area (Å²) in [6, 6.07) is 7.00. The number of nitro benzene ring substituents is 1. The molecule has 1 heterocycles. The summed E-state index contributed by atoms with van der Waals surface area (Å²) in [6.45, 7) is 2.14. The quantitative estimate of drug-likeness (QED) is 0.447. The second-order valence-electron chi connectivity index (χ2n) is 5.68. The maximum absolute atomic E-state index is 11.2. The molecule has 1 aliphatic carbocycles. The summed E-state index contributed by atoms with van der Waals surface area (Å²) in [5.74, 6) is 0.244. The first kappa shape index (κ1) is 17.1. The average Bonchev–Trinajstić information content (AvgIpc) is 2.98. The standard InChI is InChI=1S/C18H17N3O3S/c1-2-24-16-8-7-12(9-15(16)21(22)23)11-20-18-14(10-19)13-5-3-4-6-17(13)25-18/h7-9,11H,2-6H2,1H3/b20-11+. The van der Waals surface area contributed by atoms with Crippen LogP contribution < -0.4 is 4.74 Å². The molecular formula is C18H17N3O3S. The monoisotopic (exact) mass is 355 g/mol. The Labute approximate surface area is 149 Å². The van der Waals surface area contributed by atoms with E-state index in [2.05, 4.69) is 11.1 Å². The van der Waals surface area contributed by atoms with Crippen molar-refractivity contribution in [2.24, 2.45) is 4.99 Å². The number of rotatable bonds is 5. The molecule has 0 saturated carbocycles. The molecule has 2 aromatic rings. The number of hydrogen-bond donors (Lipinski definition) is 0. The van der Waals surface area contributed by atoms with E-state index in [9.17, 15) is 15.4 Å². The Morgan fingerprint density at radius 1 is 1.44 bits per heavy atom. The number of hydrogen-bond acceptors (Lipinski definition) is 6. The number of nitrogens with zero attached hydrogens (tertiary/aromatic N) is 3. The van der Waals surface area contributed by atoms with E-state index in [0.29, 0.717) is 22.7 Å². The van der Waals surface area contributed by atoms with Gasteiger partial charge in [-0.3, -0.25) is 10.1 Å². The van der Waals surface area contributed by atoms with E-state index in [1.165, 1.54) is 10.9 Å². The van der Waals surface area contributed by atoms with Crippen LogP contribution in [0.4, 0.5) is 10.7 Å². The summed E-state index contributed by atoms with van der Waals surface area (Å²) in [7, 11) is 0. The molecule has 3 rings (SSSR count). The molecule has 0 amide bonds. The maximum atomic E-state index is 11.2. The first-order valence-corrected chi connectivity index (χ1v) is 8.95. The van der Waals surface area contributed by atoms with E-state index in [4.69, 9.17) is 4.74 Å². The van der Waals surface area contributed by atoms with Crippen molar-refractivity contribution >= 4 is 28.2 Å². The van der Waals surface area contributed by atoms with Gasteiger partial charge in [0.05, 0.1) is 17.1 Å². The molecule has 0 spiro atoms. The fourth-order valence-corrected chi connectivity index (χ4v) is 4.11. The summed E-state index contributed by atoms with van der Waals surface area (Å²) in [5, 5.41) is 21.3. The maximum Gasteiger partial charge on any atom is 0.311 e. The van der Waals surface area contributed by atoms with Gasteiger partial charge in [0.2, 0.25) is 0 Å². The average molecular weight is 355 g/mol. The Hall–Kier alpha value is -2.72. The van der Waals surface area contributed by atoms with Crippen LogP contribution >= 0.6 is 11.3 Å². The van der Waals surface area contributed by atoms with Crippen LogP contribution in [0.15, 0.2) is 23.2 Å². The van der Waals surface area contributed by atoms with Gasteiger partial charge in [-0.05, 0) is 55.9 Å². The van der Waals surface area contributed by atoms with Gasteiger partial charge >= 0.3 is 5.69 Å². The van der Waals surface area contributed by atoms with E-state index < -0.39 is 4.92 Å². The highest BCUT2D eigenvalue weighted by Crippen LogP contribution is 2.39. The zero-order valence-electron chi connectivity index (χ0n) is 13.8. The third kappa shape index (κ3) is 3.54. The van der Waals surface area contributed by atoms with Crippen LogP contribution in [0.3, 0.4) is 0 Å². The number of nitriles is 1. The van der Waals surface area contributed by atoms with Crippen molar-refractivity contribution in [1.82, 2.24) is 0 Å². The molecule has 0 saturated heterocycles. The lowest BCUT2D eigenvalue weighted by Gasteiger charge is -2.09. The molecule has 0 bridgehead atoms. The van der Waals surface area contributed by atoms with E-state index in [-0.39, 0.29) is 11.4 Å². The second kappa shape index (κ2) is 7.45. The van der Waals surface area contributed by atoms with Crippen molar-refractivity contribution in [3.8, 4) is 11.8 Å². The van der Waals surface area contributed by atoms with Gasteiger partial charge in [0.1, 0.15) is 11.1 Å². The molecule has 25 heavy (non-hydrogen) atoms. The van der Waals surface area contributed by atoms with E-state index in [1.54, 1.807) is 36.6 Å². The van der Waals surface area contributed by atoms with Gasteiger partial charge in [-0.1, -0.05) is 0 Å². The van der Waals surface area contributed by atoms with Gasteiger partial charge in [0.15, 0.2) is 5.75 Å². The molecule has 1 aromatic heterocycles. The lowest BCUT2D eigenvalue weighted by Crippen LogP contribution is -1.99. The van der Waals surface area contributed by atoms with Crippen LogP contribution in [0.1, 0.15) is 41.3 Å². The van der Waals surface area contributed by atoms with Crippen molar-refractivity contribution in [1.29, 1.82) is 5.26 Å². The van der Waals surface area contributed by atoms with E-state index in [0.717, 1.165) is 31.2 Å². The highest BCUT2D eigenvalue weighted by atomic mass is 32.1. The molecule has 128 valence electrons.